The van der Waals surface area contributed by atoms with Gasteiger partial charge in [-0.1, -0.05) is 0 Å². The Kier molecular flexibility index (Phi) is 4.90. The quantitative estimate of drug-likeness (QED) is 0.803. The highest BCUT2D eigenvalue weighted by molar-refractivity contribution is 5.13. The highest BCUT2D eigenvalue weighted by Crippen LogP contribution is 2.14. The molecule has 1 N–H and O–H groups in total. The molecular weight excluding hydrogens is 200 g/mol. The molecule has 1 aromatic heterocycles. The smallest absolute Gasteiger partial charge is 0.0634 e. The Morgan fingerprint density at radius 2 is 2.00 bits per heavy atom. The second-order valence-corrected chi connectivity index (χ2v) is 4.67. The van der Waals surface area contributed by atoms with E-state index in [1.807, 2.05) is 24.5 Å². The van der Waals surface area contributed by atoms with Crippen LogP contribution in [0.15, 0.2) is 24.5 Å². The van der Waals surface area contributed by atoms with Crippen LogP contribution >= 0.6 is 0 Å². The molecule has 90 valence electrons. The molecule has 0 fully saturated rings. The second kappa shape index (κ2) is 5.97. The van der Waals surface area contributed by atoms with Gasteiger partial charge >= 0.3 is 0 Å². The van der Waals surface area contributed by atoms with Crippen LogP contribution in [0.5, 0.6) is 0 Å². The van der Waals surface area contributed by atoms with Gasteiger partial charge in [-0.3, -0.25) is 4.98 Å². The van der Waals surface area contributed by atoms with Gasteiger partial charge in [0.25, 0.3) is 0 Å². The van der Waals surface area contributed by atoms with Gasteiger partial charge in [0.2, 0.25) is 0 Å². The summed E-state index contributed by atoms with van der Waals surface area (Å²) in [6.07, 6.45) is 4.65. The van der Waals surface area contributed by atoms with Crippen molar-refractivity contribution >= 4 is 0 Å². The molecule has 1 rings (SSSR count). The van der Waals surface area contributed by atoms with E-state index in [1.54, 1.807) is 7.11 Å². The van der Waals surface area contributed by atoms with E-state index in [4.69, 9.17) is 4.74 Å². The van der Waals surface area contributed by atoms with Gasteiger partial charge in [-0.2, -0.15) is 0 Å². The Morgan fingerprint density at radius 3 is 2.56 bits per heavy atom. The lowest BCUT2D eigenvalue weighted by Crippen LogP contribution is -2.30. The molecule has 1 atom stereocenters. The minimum absolute atomic E-state index is 0.0506. The average Bonchev–Trinajstić information content (AvgIpc) is 2.30. The number of rotatable bonds is 6. The normalized spacial score (nSPS) is 13.8. The summed E-state index contributed by atoms with van der Waals surface area (Å²) in [5.41, 5.74) is 1.22. The van der Waals surface area contributed by atoms with Crippen molar-refractivity contribution in [1.29, 1.82) is 0 Å². The lowest BCUT2D eigenvalue weighted by Gasteiger charge is -2.24. The number of hydrogen-bond acceptors (Lipinski definition) is 3. The van der Waals surface area contributed by atoms with Gasteiger partial charge in [0, 0.05) is 25.5 Å². The number of pyridine rings is 1. The van der Waals surface area contributed by atoms with Gasteiger partial charge in [0.1, 0.15) is 0 Å². The van der Waals surface area contributed by atoms with Crippen LogP contribution < -0.4 is 5.32 Å². The molecule has 0 radical (unpaired) electrons. The van der Waals surface area contributed by atoms with Crippen LogP contribution in [0.2, 0.25) is 0 Å². The van der Waals surface area contributed by atoms with E-state index in [9.17, 15) is 0 Å². The minimum atomic E-state index is -0.0506. The van der Waals surface area contributed by atoms with Crippen molar-refractivity contribution in [3.63, 3.8) is 0 Å². The van der Waals surface area contributed by atoms with E-state index in [2.05, 4.69) is 31.1 Å². The zero-order chi connectivity index (χ0) is 12.0. The van der Waals surface area contributed by atoms with Crippen LogP contribution in [0.1, 0.15) is 38.8 Å². The predicted molar refractivity (Wildman–Crippen MR) is 66.4 cm³/mol. The van der Waals surface area contributed by atoms with Crippen LogP contribution in [0.3, 0.4) is 0 Å². The summed E-state index contributed by atoms with van der Waals surface area (Å²) in [7, 11) is 1.76. The number of nitrogens with zero attached hydrogens (tertiary/aromatic N) is 1. The lowest BCUT2D eigenvalue weighted by molar-refractivity contribution is 0.0154. The third-order valence-electron chi connectivity index (χ3n) is 2.94. The third kappa shape index (κ3) is 4.29. The fraction of sp³-hybridized carbons (Fsp3) is 0.615. The molecule has 0 saturated heterocycles. The highest BCUT2D eigenvalue weighted by Gasteiger charge is 2.16. The maximum atomic E-state index is 5.38. The van der Waals surface area contributed by atoms with E-state index in [0.29, 0.717) is 6.04 Å². The Labute approximate surface area is 98.2 Å². The first-order valence-electron chi connectivity index (χ1n) is 5.73. The number of aromatic nitrogens is 1. The fourth-order valence-electron chi connectivity index (χ4n) is 1.46. The lowest BCUT2D eigenvalue weighted by atomic mass is 10.0. The van der Waals surface area contributed by atoms with Gasteiger partial charge in [-0.05, 0) is 51.4 Å². The monoisotopic (exact) mass is 222 g/mol. The van der Waals surface area contributed by atoms with Gasteiger partial charge in [0.05, 0.1) is 5.60 Å². The molecule has 0 aromatic carbocycles. The van der Waals surface area contributed by atoms with Crippen LogP contribution in [0, 0.1) is 0 Å². The SMILES string of the molecule is COC(C)(C)CCN[C@H](C)c1ccncc1. The second-order valence-electron chi connectivity index (χ2n) is 4.67. The third-order valence-corrected chi connectivity index (χ3v) is 2.94. The summed E-state index contributed by atoms with van der Waals surface area (Å²) in [4.78, 5) is 4.01. The number of methoxy groups -OCH3 is 1. The minimum Gasteiger partial charge on any atom is -0.379 e. The maximum absolute atomic E-state index is 5.38. The molecule has 0 aliphatic carbocycles. The molecule has 0 bridgehead atoms. The maximum Gasteiger partial charge on any atom is 0.0634 e. The first-order chi connectivity index (χ1) is 7.55. The van der Waals surface area contributed by atoms with Crippen molar-refractivity contribution < 1.29 is 4.74 Å². The Hall–Kier alpha value is -0.930. The summed E-state index contributed by atoms with van der Waals surface area (Å²) in [5, 5.41) is 3.48. The van der Waals surface area contributed by atoms with E-state index in [0.717, 1.165) is 13.0 Å². The Bertz CT molecular complexity index is 298. The summed E-state index contributed by atoms with van der Waals surface area (Å²) >= 11 is 0. The zero-order valence-corrected chi connectivity index (χ0v) is 10.7. The van der Waals surface area contributed by atoms with E-state index in [-0.39, 0.29) is 5.60 Å². The number of nitrogens with one attached hydrogen (secondary N) is 1. The first-order valence-corrected chi connectivity index (χ1v) is 5.73. The Morgan fingerprint density at radius 1 is 1.38 bits per heavy atom. The van der Waals surface area contributed by atoms with Crippen molar-refractivity contribution in [3.8, 4) is 0 Å². The predicted octanol–water partition coefficient (Wildman–Crippen LogP) is 2.55. The van der Waals surface area contributed by atoms with E-state index >= 15 is 0 Å². The molecule has 3 heteroatoms. The molecule has 0 unspecified atom stereocenters. The zero-order valence-electron chi connectivity index (χ0n) is 10.7. The summed E-state index contributed by atoms with van der Waals surface area (Å²) in [5.74, 6) is 0. The molecule has 16 heavy (non-hydrogen) atoms. The molecule has 0 saturated carbocycles. The molecule has 0 aliphatic rings. The van der Waals surface area contributed by atoms with Crippen molar-refractivity contribution in [3.05, 3.63) is 30.1 Å². The van der Waals surface area contributed by atoms with Crippen LogP contribution in [0.4, 0.5) is 0 Å². The van der Waals surface area contributed by atoms with Crippen molar-refractivity contribution in [2.45, 2.75) is 38.8 Å². The number of ether oxygens (including phenoxy) is 1. The number of hydrogen-bond donors (Lipinski definition) is 1. The molecule has 0 aliphatic heterocycles. The highest BCUT2D eigenvalue weighted by atomic mass is 16.5. The van der Waals surface area contributed by atoms with Crippen molar-refractivity contribution in [2.24, 2.45) is 0 Å². The molecule has 1 aromatic rings. The van der Waals surface area contributed by atoms with E-state index < -0.39 is 0 Å². The van der Waals surface area contributed by atoms with Gasteiger partial charge < -0.3 is 10.1 Å². The molecular formula is C13H22N2O. The van der Waals surface area contributed by atoms with Gasteiger partial charge in [-0.15, -0.1) is 0 Å². The average molecular weight is 222 g/mol. The van der Waals surface area contributed by atoms with Crippen molar-refractivity contribution in [2.75, 3.05) is 13.7 Å². The molecule has 0 spiro atoms. The standard InChI is InChI=1S/C13H22N2O/c1-11(12-5-8-14-9-6-12)15-10-7-13(2,3)16-4/h5-6,8-9,11,15H,7,10H2,1-4H3/t11-/m1/s1. The van der Waals surface area contributed by atoms with E-state index in [1.165, 1.54) is 5.56 Å². The Balaban J connectivity index is 2.34. The van der Waals surface area contributed by atoms with Crippen LogP contribution in [0.25, 0.3) is 0 Å². The topological polar surface area (TPSA) is 34.1 Å². The molecule has 3 nitrogen and oxygen atoms in total. The van der Waals surface area contributed by atoms with Crippen LogP contribution in [-0.4, -0.2) is 24.2 Å². The van der Waals surface area contributed by atoms with Gasteiger partial charge in [-0.25, -0.2) is 0 Å². The summed E-state index contributed by atoms with van der Waals surface area (Å²) in [6.45, 7) is 7.32. The van der Waals surface area contributed by atoms with Gasteiger partial charge in [0.15, 0.2) is 0 Å². The molecule has 1 heterocycles. The van der Waals surface area contributed by atoms with Crippen LogP contribution in [-0.2, 0) is 4.74 Å². The summed E-state index contributed by atoms with van der Waals surface area (Å²) < 4.78 is 5.38. The largest absolute Gasteiger partial charge is 0.379 e. The molecule has 0 amide bonds. The van der Waals surface area contributed by atoms with Crippen molar-refractivity contribution in [1.82, 2.24) is 10.3 Å². The fourth-order valence-corrected chi connectivity index (χ4v) is 1.46. The first kappa shape index (κ1) is 13.1. The summed E-state index contributed by atoms with van der Waals surface area (Å²) in [6, 6.07) is 4.44.